The Morgan fingerprint density at radius 1 is 1.33 bits per heavy atom. The van der Waals surface area contributed by atoms with Crippen LogP contribution in [0.5, 0.6) is 0 Å². The van der Waals surface area contributed by atoms with Gasteiger partial charge in [0.1, 0.15) is 5.69 Å². The third-order valence-corrected chi connectivity index (χ3v) is 3.38. The third-order valence-electron chi connectivity index (χ3n) is 3.38. The SMILES string of the molecule is COCCN(C(=O)c1cc(N)cn1C(C)C)C(C)COC. The number of nitrogen functional groups attached to an aromatic ring is 1. The highest BCUT2D eigenvalue weighted by Gasteiger charge is 2.24. The zero-order valence-electron chi connectivity index (χ0n) is 13.6. The van der Waals surface area contributed by atoms with Crippen LogP contribution in [-0.4, -0.2) is 55.4 Å². The van der Waals surface area contributed by atoms with Crippen LogP contribution in [0, 0.1) is 0 Å². The van der Waals surface area contributed by atoms with E-state index in [9.17, 15) is 4.79 Å². The highest BCUT2D eigenvalue weighted by Crippen LogP contribution is 2.19. The van der Waals surface area contributed by atoms with E-state index in [1.165, 1.54) is 0 Å². The molecule has 2 N–H and O–H groups in total. The molecule has 0 spiro atoms. The van der Waals surface area contributed by atoms with E-state index in [0.29, 0.717) is 31.1 Å². The molecule has 0 saturated heterocycles. The number of carbonyl (C=O) groups is 1. The van der Waals surface area contributed by atoms with Crippen LogP contribution in [0.2, 0.25) is 0 Å². The maximum Gasteiger partial charge on any atom is 0.270 e. The van der Waals surface area contributed by atoms with Crippen molar-refractivity contribution in [2.45, 2.75) is 32.9 Å². The quantitative estimate of drug-likeness (QED) is 0.794. The van der Waals surface area contributed by atoms with Gasteiger partial charge in [-0.25, -0.2) is 0 Å². The van der Waals surface area contributed by atoms with Gasteiger partial charge in [0.2, 0.25) is 0 Å². The molecule has 0 aliphatic carbocycles. The number of carbonyl (C=O) groups excluding carboxylic acids is 1. The number of aromatic nitrogens is 1. The summed E-state index contributed by atoms with van der Waals surface area (Å²) in [5.41, 5.74) is 7.04. The fraction of sp³-hybridized carbons (Fsp3) is 0.667. The van der Waals surface area contributed by atoms with Crippen molar-refractivity contribution >= 4 is 11.6 Å². The predicted molar refractivity (Wildman–Crippen MR) is 83.5 cm³/mol. The zero-order valence-corrected chi connectivity index (χ0v) is 13.6. The summed E-state index contributed by atoms with van der Waals surface area (Å²) in [4.78, 5) is 14.6. The zero-order chi connectivity index (χ0) is 16.0. The smallest absolute Gasteiger partial charge is 0.270 e. The van der Waals surface area contributed by atoms with Gasteiger partial charge in [0.25, 0.3) is 5.91 Å². The molecule has 1 rings (SSSR count). The van der Waals surface area contributed by atoms with Crippen molar-refractivity contribution in [2.24, 2.45) is 0 Å². The maximum atomic E-state index is 12.8. The number of ether oxygens (including phenoxy) is 2. The van der Waals surface area contributed by atoms with Gasteiger partial charge in [-0.05, 0) is 26.8 Å². The largest absolute Gasteiger partial charge is 0.397 e. The summed E-state index contributed by atoms with van der Waals surface area (Å²) in [6, 6.07) is 1.86. The summed E-state index contributed by atoms with van der Waals surface area (Å²) in [5.74, 6) is -0.0537. The molecular formula is C15H27N3O3. The first-order chi connectivity index (χ1) is 9.92. The van der Waals surface area contributed by atoms with Crippen LogP contribution in [0.1, 0.15) is 37.3 Å². The van der Waals surface area contributed by atoms with Crippen LogP contribution in [0.25, 0.3) is 0 Å². The molecule has 1 atom stereocenters. The molecule has 0 aliphatic heterocycles. The minimum absolute atomic E-state index is 0.0330. The van der Waals surface area contributed by atoms with Crippen LogP contribution in [0.4, 0.5) is 5.69 Å². The van der Waals surface area contributed by atoms with Gasteiger partial charge >= 0.3 is 0 Å². The van der Waals surface area contributed by atoms with Crippen LogP contribution in [-0.2, 0) is 9.47 Å². The van der Waals surface area contributed by atoms with Gasteiger partial charge in [0.15, 0.2) is 0 Å². The van der Waals surface area contributed by atoms with E-state index in [0.717, 1.165) is 0 Å². The lowest BCUT2D eigenvalue weighted by atomic mass is 10.2. The summed E-state index contributed by atoms with van der Waals surface area (Å²) in [5, 5.41) is 0. The molecule has 0 radical (unpaired) electrons. The number of rotatable bonds is 8. The van der Waals surface area contributed by atoms with Gasteiger partial charge in [0, 0.05) is 33.0 Å². The Morgan fingerprint density at radius 3 is 2.52 bits per heavy atom. The second-order valence-corrected chi connectivity index (χ2v) is 5.46. The van der Waals surface area contributed by atoms with Crippen LogP contribution >= 0.6 is 0 Å². The highest BCUT2D eigenvalue weighted by atomic mass is 16.5. The van der Waals surface area contributed by atoms with Gasteiger partial charge in [-0.3, -0.25) is 4.79 Å². The third kappa shape index (κ3) is 4.47. The average Bonchev–Trinajstić information content (AvgIpc) is 2.81. The number of nitrogens with two attached hydrogens (primary N) is 1. The van der Waals surface area contributed by atoms with Gasteiger partial charge in [-0.1, -0.05) is 0 Å². The van der Waals surface area contributed by atoms with Crippen LogP contribution in [0.3, 0.4) is 0 Å². The molecule has 1 heterocycles. The lowest BCUT2D eigenvalue weighted by molar-refractivity contribution is 0.0469. The Morgan fingerprint density at radius 2 is 2.00 bits per heavy atom. The first-order valence-corrected chi connectivity index (χ1v) is 7.18. The Hall–Kier alpha value is -1.53. The maximum absolute atomic E-state index is 12.8. The average molecular weight is 297 g/mol. The first-order valence-electron chi connectivity index (χ1n) is 7.18. The Labute approximate surface area is 126 Å². The number of methoxy groups -OCH3 is 2. The molecule has 21 heavy (non-hydrogen) atoms. The molecule has 6 heteroatoms. The standard InChI is InChI=1S/C15H27N3O3/c1-11(2)18-9-13(16)8-14(18)15(19)17(6-7-20-4)12(3)10-21-5/h8-9,11-12H,6-7,10,16H2,1-5H3. The van der Waals surface area contributed by atoms with E-state index >= 15 is 0 Å². The summed E-state index contributed by atoms with van der Waals surface area (Å²) in [7, 11) is 3.25. The monoisotopic (exact) mass is 297 g/mol. The Bertz CT molecular complexity index is 457. The molecular weight excluding hydrogens is 270 g/mol. The molecule has 0 fully saturated rings. The van der Waals surface area contributed by atoms with Gasteiger partial charge in [0.05, 0.1) is 24.9 Å². The number of nitrogens with zero attached hydrogens (tertiary/aromatic N) is 2. The molecule has 120 valence electrons. The normalized spacial score (nSPS) is 12.7. The van der Waals surface area contributed by atoms with Crippen molar-refractivity contribution in [3.8, 4) is 0 Å². The lowest BCUT2D eigenvalue weighted by Gasteiger charge is -2.29. The fourth-order valence-corrected chi connectivity index (χ4v) is 2.29. The molecule has 1 aromatic heterocycles. The fourth-order valence-electron chi connectivity index (χ4n) is 2.29. The Kier molecular flexibility index (Phi) is 6.71. The molecule has 0 aromatic carbocycles. The van der Waals surface area contributed by atoms with Crippen molar-refractivity contribution in [3.63, 3.8) is 0 Å². The van der Waals surface area contributed by atoms with E-state index < -0.39 is 0 Å². The number of anilines is 1. The molecule has 6 nitrogen and oxygen atoms in total. The van der Waals surface area contributed by atoms with E-state index in [1.54, 1.807) is 31.4 Å². The van der Waals surface area contributed by atoms with E-state index in [1.807, 2.05) is 25.3 Å². The lowest BCUT2D eigenvalue weighted by Crippen LogP contribution is -2.43. The molecule has 0 bridgehead atoms. The predicted octanol–water partition coefficient (Wildman–Crippen LogP) is 1.77. The van der Waals surface area contributed by atoms with Crippen LogP contribution in [0.15, 0.2) is 12.3 Å². The minimum Gasteiger partial charge on any atom is -0.397 e. The van der Waals surface area contributed by atoms with Crippen LogP contribution < -0.4 is 5.73 Å². The number of hydrogen-bond donors (Lipinski definition) is 1. The Balaban J connectivity index is 3.04. The van der Waals surface area contributed by atoms with Gasteiger partial charge in [-0.15, -0.1) is 0 Å². The minimum atomic E-state index is -0.0537. The van der Waals surface area contributed by atoms with Crippen molar-refractivity contribution < 1.29 is 14.3 Å². The summed E-state index contributed by atoms with van der Waals surface area (Å²) >= 11 is 0. The summed E-state index contributed by atoms with van der Waals surface area (Å²) in [6.45, 7) is 7.49. The molecule has 0 saturated carbocycles. The topological polar surface area (TPSA) is 69.7 Å². The number of hydrogen-bond acceptors (Lipinski definition) is 4. The molecule has 1 unspecified atom stereocenters. The highest BCUT2D eigenvalue weighted by molar-refractivity contribution is 5.94. The van der Waals surface area contributed by atoms with Gasteiger partial charge in [-0.2, -0.15) is 0 Å². The second kappa shape index (κ2) is 8.05. The molecule has 1 aromatic rings. The van der Waals surface area contributed by atoms with E-state index in [4.69, 9.17) is 15.2 Å². The van der Waals surface area contributed by atoms with Crippen molar-refractivity contribution in [2.75, 3.05) is 39.7 Å². The number of amides is 1. The van der Waals surface area contributed by atoms with E-state index in [2.05, 4.69) is 0 Å². The molecule has 0 aliphatic rings. The molecule has 1 amide bonds. The van der Waals surface area contributed by atoms with Crippen molar-refractivity contribution in [1.82, 2.24) is 9.47 Å². The van der Waals surface area contributed by atoms with Crippen molar-refractivity contribution in [1.29, 1.82) is 0 Å². The first kappa shape index (κ1) is 17.5. The van der Waals surface area contributed by atoms with Gasteiger partial charge < -0.3 is 24.7 Å². The van der Waals surface area contributed by atoms with E-state index in [-0.39, 0.29) is 18.0 Å². The summed E-state index contributed by atoms with van der Waals surface area (Å²) in [6.07, 6.45) is 1.80. The summed E-state index contributed by atoms with van der Waals surface area (Å²) < 4.78 is 12.2. The second-order valence-electron chi connectivity index (χ2n) is 5.46. The van der Waals surface area contributed by atoms with Crippen molar-refractivity contribution in [3.05, 3.63) is 18.0 Å².